The number of rotatable bonds is 24. The Labute approximate surface area is 325 Å². The Kier molecular flexibility index (Phi) is 17.3. The number of benzene rings is 3. The quantitative estimate of drug-likeness (QED) is 0.0229. The maximum absolute atomic E-state index is 13.0. The summed E-state index contributed by atoms with van der Waals surface area (Å²) in [6, 6.07) is 17.0. The van der Waals surface area contributed by atoms with Gasteiger partial charge in [0.15, 0.2) is 0 Å². The molecule has 4 aromatic rings. The number of ether oxygens (including phenoxy) is 5. The SMILES string of the molecule is C=Cn1cc[n+](CCOc2ccc(C(=O)Oc3ccc(OC(=O)c4ccc(OCCCCCCCCCCCCOC(=O)C(=C)C)cc4)c(C)c3C)cc2)c1. The first kappa shape index (κ1) is 42.1. The Bertz CT molecular complexity index is 1860. The first-order chi connectivity index (χ1) is 26.6. The van der Waals surface area contributed by atoms with Gasteiger partial charge in [0.05, 0.1) is 30.5 Å². The maximum atomic E-state index is 13.0. The molecule has 0 saturated heterocycles. The van der Waals surface area contributed by atoms with E-state index in [-0.39, 0.29) is 5.97 Å². The molecule has 3 aromatic carbocycles. The van der Waals surface area contributed by atoms with Crippen molar-refractivity contribution in [2.24, 2.45) is 0 Å². The number of hydrogen-bond donors (Lipinski definition) is 0. The van der Waals surface area contributed by atoms with Crippen LogP contribution in [0.2, 0.25) is 0 Å². The van der Waals surface area contributed by atoms with Gasteiger partial charge in [-0.1, -0.05) is 64.5 Å². The highest BCUT2D eigenvalue weighted by Gasteiger charge is 2.17. The van der Waals surface area contributed by atoms with Gasteiger partial charge < -0.3 is 23.7 Å². The molecule has 292 valence electrons. The fourth-order valence-corrected chi connectivity index (χ4v) is 5.70. The van der Waals surface area contributed by atoms with Crippen molar-refractivity contribution in [1.82, 2.24) is 4.57 Å². The van der Waals surface area contributed by atoms with Gasteiger partial charge in [0.1, 0.15) is 48.5 Å². The summed E-state index contributed by atoms with van der Waals surface area (Å²) in [5, 5.41) is 0. The van der Waals surface area contributed by atoms with Gasteiger partial charge in [-0.2, -0.15) is 0 Å². The lowest BCUT2D eigenvalue weighted by molar-refractivity contribution is -0.696. The van der Waals surface area contributed by atoms with Crippen LogP contribution in [-0.4, -0.2) is 42.3 Å². The Morgan fingerprint density at radius 1 is 0.655 bits per heavy atom. The minimum atomic E-state index is -0.501. The predicted octanol–water partition coefficient (Wildman–Crippen LogP) is 9.41. The van der Waals surface area contributed by atoms with E-state index in [1.807, 2.05) is 41.7 Å². The van der Waals surface area contributed by atoms with E-state index in [2.05, 4.69) is 13.2 Å². The molecule has 0 radical (unpaired) electrons. The van der Waals surface area contributed by atoms with Gasteiger partial charge >= 0.3 is 17.9 Å². The van der Waals surface area contributed by atoms with Crippen molar-refractivity contribution in [2.75, 3.05) is 19.8 Å². The zero-order valence-corrected chi connectivity index (χ0v) is 32.6. The van der Waals surface area contributed by atoms with Gasteiger partial charge in [-0.05, 0) is 105 Å². The molecule has 0 N–H and O–H groups in total. The first-order valence-electron chi connectivity index (χ1n) is 19.2. The van der Waals surface area contributed by atoms with Crippen molar-refractivity contribution in [1.29, 1.82) is 0 Å². The van der Waals surface area contributed by atoms with E-state index in [4.69, 9.17) is 23.7 Å². The van der Waals surface area contributed by atoms with Crippen LogP contribution < -0.4 is 23.5 Å². The summed E-state index contributed by atoms with van der Waals surface area (Å²) in [6.45, 7) is 14.9. The first-order valence-corrected chi connectivity index (χ1v) is 19.2. The molecule has 0 amide bonds. The van der Waals surface area contributed by atoms with Crippen LogP contribution in [0.4, 0.5) is 0 Å². The van der Waals surface area contributed by atoms with E-state index in [9.17, 15) is 14.4 Å². The predicted molar refractivity (Wildman–Crippen MR) is 213 cm³/mol. The Morgan fingerprint density at radius 2 is 1.11 bits per heavy atom. The Hall–Kier alpha value is -5.64. The Morgan fingerprint density at radius 3 is 1.56 bits per heavy atom. The third-order valence-corrected chi connectivity index (χ3v) is 9.20. The molecule has 0 aliphatic heterocycles. The number of carbonyl (C=O) groups excluding carboxylic acids is 3. The van der Waals surface area contributed by atoms with Gasteiger partial charge in [-0.3, -0.25) is 0 Å². The van der Waals surface area contributed by atoms with Crippen LogP contribution >= 0.6 is 0 Å². The smallest absolute Gasteiger partial charge is 0.343 e. The molecule has 0 aliphatic rings. The van der Waals surface area contributed by atoms with E-state index in [0.29, 0.717) is 77.2 Å². The van der Waals surface area contributed by atoms with Gasteiger partial charge in [0.25, 0.3) is 0 Å². The molecule has 0 aliphatic carbocycles. The molecule has 1 heterocycles. The molecule has 0 saturated carbocycles. The summed E-state index contributed by atoms with van der Waals surface area (Å²) in [5.41, 5.74) is 2.63. The van der Waals surface area contributed by atoms with Crippen molar-refractivity contribution >= 4 is 24.1 Å². The van der Waals surface area contributed by atoms with Gasteiger partial charge in [-0.25, -0.2) is 23.5 Å². The lowest BCUT2D eigenvalue weighted by Gasteiger charge is -2.14. The average molecular weight is 752 g/mol. The van der Waals surface area contributed by atoms with Crippen molar-refractivity contribution in [3.8, 4) is 23.0 Å². The lowest BCUT2D eigenvalue weighted by atomic mass is 10.1. The Balaban J connectivity index is 1.10. The summed E-state index contributed by atoms with van der Waals surface area (Å²) < 4.78 is 32.1. The average Bonchev–Trinajstić information content (AvgIpc) is 3.66. The zero-order chi connectivity index (χ0) is 39.4. The second-order valence-corrected chi connectivity index (χ2v) is 13.6. The largest absolute Gasteiger partial charge is 0.494 e. The second kappa shape index (κ2) is 22.5. The molecule has 4 rings (SSSR count). The van der Waals surface area contributed by atoms with Crippen LogP contribution in [0.25, 0.3) is 6.20 Å². The van der Waals surface area contributed by atoms with Gasteiger partial charge in [0.2, 0.25) is 6.33 Å². The molecular weight excluding hydrogens is 697 g/mol. The summed E-state index contributed by atoms with van der Waals surface area (Å²) >= 11 is 0. The topological polar surface area (TPSA) is 106 Å². The van der Waals surface area contributed by atoms with Crippen LogP contribution in [0.1, 0.15) is 103 Å². The fourth-order valence-electron chi connectivity index (χ4n) is 5.70. The molecule has 0 spiro atoms. The van der Waals surface area contributed by atoms with Crippen LogP contribution in [0.5, 0.6) is 23.0 Å². The van der Waals surface area contributed by atoms with Crippen molar-refractivity contribution < 1.29 is 42.6 Å². The molecule has 0 fully saturated rings. The van der Waals surface area contributed by atoms with Crippen LogP contribution in [0, 0.1) is 13.8 Å². The number of imidazole rings is 1. The molecule has 10 heteroatoms. The highest BCUT2D eigenvalue weighted by atomic mass is 16.5. The molecule has 0 unspecified atom stereocenters. The van der Waals surface area contributed by atoms with Gasteiger partial charge in [-0.15, -0.1) is 0 Å². The van der Waals surface area contributed by atoms with Gasteiger partial charge in [0, 0.05) is 5.57 Å². The summed E-state index contributed by atoms with van der Waals surface area (Å²) in [6.07, 6.45) is 18.8. The molecule has 1 aromatic heterocycles. The number of unbranched alkanes of at least 4 members (excludes halogenated alkanes) is 9. The minimum Gasteiger partial charge on any atom is -0.494 e. The van der Waals surface area contributed by atoms with Crippen LogP contribution in [0.15, 0.2) is 98.1 Å². The minimum absolute atomic E-state index is 0.302. The summed E-state index contributed by atoms with van der Waals surface area (Å²) in [4.78, 5) is 37.2. The van der Waals surface area contributed by atoms with E-state index in [1.165, 1.54) is 38.5 Å². The third kappa shape index (κ3) is 14.3. The number of esters is 3. The lowest BCUT2D eigenvalue weighted by Crippen LogP contribution is -2.34. The number of hydrogen-bond acceptors (Lipinski definition) is 8. The number of carbonyl (C=O) groups is 3. The summed E-state index contributed by atoms with van der Waals surface area (Å²) in [7, 11) is 0. The van der Waals surface area contributed by atoms with E-state index in [1.54, 1.807) is 73.8 Å². The monoisotopic (exact) mass is 751 g/mol. The highest BCUT2D eigenvalue weighted by Crippen LogP contribution is 2.30. The van der Waals surface area contributed by atoms with Crippen molar-refractivity contribution in [3.05, 3.63) is 120 Å². The normalized spacial score (nSPS) is 10.7. The van der Waals surface area contributed by atoms with E-state index in [0.717, 1.165) is 25.7 Å². The molecule has 0 atom stereocenters. The highest BCUT2D eigenvalue weighted by molar-refractivity contribution is 5.92. The standard InChI is InChI=1S/C45H55N2O8/c1-6-46-27-28-47(33-46)29-32-52-40-23-19-38(20-24-40)45(50)55-42-26-25-41(35(4)36(42)5)54-44(49)37-17-21-39(22-18-37)51-30-15-13-11-9-7-8-10-12-14-16-31-53-43(48)34(2)3/h6,17-28,33H,1-2,7-16,29-32H2,3-5H3/q+1. The third-order valence-electron chi connectivity index (χ3n) is 9.20. The van der Waals surface area contributed by atoms with Crippen LogP contribution in [-0.2, 0) is 16.1 Å². The number of aromatic nitrogens is 2. The second-order valence-electron chi connectivity index (χ2n) is 13.6. The zero-order valence-electron chi connectivity index (χ0n) is 32.6. The molecule has 0 bridgehead atoms. The van der Waals surface area contributed by atoms with Crippen molar-refractivity contribution in [3.63, 3.8) is 0 Å². The molecule has 10 nitrogen and oxygen atoms in total. The molecule has 55 heavy (non-hydrogen) atoms. The number of nitrogens with zero attached hydrogens (tertiary/aromatic N) is 2. The maximum Gasteiger partial charge on any atom is 0.343 e. The van der Waals surface area contributed by atoms with Crippen LogP contribution in [0.3, 0.4) is 0 Å². The fraction of sp³-hybridized carbons (Fsp3) is 0.378. The van der Waals surface area contributed by atoms with E-state index < -0.39 is 11.9 Å². The summed E-state index contributed by atoms with van der Waals surface area (Å²) in [5.74, 6) is 0.845. The molecular formula is C45H55N2O8+. The van der Waals surface area contributed by atoms with E-state index >= 15 is 0 Å². The van der Waals surface area contributed by atoms with Crippen molar-refractivity contribution in [2.45, 2.75) is 91.5 Å².